The molecule has 29 heavy (non-hydrogen) atoms. The van der Waals surface area contributed by atoms with E-state index >= 15 is 0 Å². The van der Waals surface area contributed by atoms with Gasteiger partial charge in [-0.15, -0.1) is 0 Å². The van der Waals surface area contributed by atoms with Crippen LogP contribution in [-0.4, -0.2) is 55.2 Å². The molecule has 0 unspecified atom stereocenters. The highest BCUT2D eigenvalue weighted by Gasteiger charge is 2.24. The molecule has 1 aliphatic heterocycles. The Morgan fingerprint density at radius 3 is 2.72 bits per heavy atom. The van der Waals surface area contributed by atoms with Crippen LogP contribution in [0, 0.1) is 13.8 Å². The van der Waals surface area contributed by atoms with Crippen molar-refractivity contribution in [3.63, 3.8) is 0 Å². The van der Waals surface area contributed by atoms with Gasteiger partial charge in [-0.05, 0) is 38.0 Å². The van der Waals surface area contributed by atoms with Gasteiger partial charge < -0.3 is 14.6 Å². The number of aryl methyl sites for hydroxylation is 3. The molecule has 150 valence electrons. The maximum atomic E-state index is 5.64. The molecule has 0 aliphatic carbocycles. The summed E-state index contributed by atoms with van der Waals surface area (Å²) in [5, 5.41) is 9.14. The molecule has 0 spiro atoms. The molecule has 0 saturated carbocycles. The minimum absolute atomic E-state index is 0.262. The van der Waals surface area contributed by atoms with E-state index in [-0.39, 0.29) is 6.04 Å². The summed E-state index contributed by atoms with van der Waals surface area (Å²) in [5.74, 6) is 0.939. The number of H-pyrrole nitrogens is 1. The lowest BCUT2D eigenvalue weighted by Gasteiger charge is -2.34. The van der Waals surface area contributed by atoms with E-state index in [1.165, 1.54) is 5.56 Å². The number of aromatic amines is 1. The number of rotatable bonds is 3. The van der Waals surface area contributed by atoms with Gasteiger partial charge in [-0.3, -0.25) is 4.68 Å². The van der Waals surface area contributed by atoms with Crippen molar-refractivity contribution >= 4 is 11.5 Å². The highest BCUT2D eigenvalue weighted by Crippen LogP contribution is 2.32. The van der Waals surface area contributed by atoms with Crippen molar-refractivity contribution in [2.45, 2.75) is 26.8 Å². The van der Waals surface area contributed by atoms with E-state index in [9.17, 15) is 0 Å². The molecular formula is C21H25N7O. The monoisotopic (exact) mass is 391 g/mol. The molecule has 8 nitrogen and oxygen atoms in total. The molecular weight excluding hydrogens is 366 g/mol. The normalized spacial score (nSPS) is 17.4. The summed E-state index contributed by atoms with van der Waals surface area (Å²) in [4.78, 5) is 10.7. The van der Waals surface area contributed by atoms with E-state index in [4.69, 9.17) is 14.8 Å². The lowest BCUT2D eigenvalue weighted by Crippen LogP contribution is -2.44. The first-order valence-corrected chi connectivity index (χ1v) is 9.90. The van der Waals surface area contributed by atoms with Crippen LogP contribution in [0.4, 0.5) is 5.82 Å². The van der Waals surface area contributed by atoms with Crippen molar-refractivity contribution < 1.29 is 4.74 Å². The predicted octanol–water partition coefficient (Wildman–Crippen LogP) is 2.97. The van der Waals surface area contributed by atoms with Crippen molar-refractivity contribution in [1.29, 1.82) is 0 Å². The number of hydrogen-bond donors (Lipinski definition) is 1. The molecule has 1 saturated heterocycles. The van der Waals surface area contributed by atoms with Crippen LogP contribution in [0.3, 0.4) is 0 Å². The van der Waals surface area contributed by atoms with Gasteiger partial charge in [0.05, 0.1) is 54.3 Å². The summed E-state index contributed by atoms with van der Waals surface area (Å²) in [6.07, 6.45) is 5.77. The van der Waals surface area contributed by atoms with E-state index in [1.54, 1.807) is 0 Å². The van der Waals surface area contributed by atoms with Gasteiger partial charge in [0, 0.05) is 25.9 Å². The Balaban J connectivity index is 1.77. The highest BCUT2D eigenvalue weighted by molar-refractivity contribution is 5.79. The second-order valence-electron chi connectivity index (χ2n) is 7.80. The lowest BCUT2D eigenvalue weighted by molar-refractivity contribution is 0.0985. The van der Waals surface area contributed by atoms with Crippen molar-refractivity contribution in [3.05, 3.63) is 41.9 Å². The van der Waals surface area contributed by atoms with Crippen LogP contribution in [0.2, 0.25) is 0 Å². The van der Waals surface area contributed by atoms with Crippen LogP contribution >= 0.6 is 0 Å². The molecule has 1 atom stereocenters. The number of nitrogens with one attached hydrogen (secondary N) is 1. The van der Waals surface area contributed by atoms with Crippen molar-refractivity contribution in [1.82, 2.24) is 29.4 Å². The van der Waals surface area contributed by atoms with Crippen molar-refractivity contribution in [2.24, 2.45) is 7.05 Å². The van der Waals surface area contributed by atoms with Crippen molar-refractivity contribution in [2.75, 3.05) is 24.7 Å². The van der Waals surface area contributed by atoms with Crippen molar-refractivity contribution in [3.8, 4) is 22.6 Å². The van der Waals surface area contributed by atoms with Gasteiger partial charge in [0.1, 0.15) is 5.82 Å². The number of nitrogens with zero attached hydrogens (tertiary/aromatic N) is 6. The van der Waals surface area contributed by atoms with E-state index in [2.05, 4.69) is 47.9 Å². The standard InChI is InChI=1S/C21H25N7O/c1-13-7-17(22-9-13)16-11-24-28-18(20-14(2)10-23-26(20)4)8-19(25-21(16)28)27-5-6-29-12-15(27)3/h7-11,15,22H,5-6,12H2,1-4H3/t15-/m1/s1. The van der Waals surface area contributed by atoms with Gasteiger partial charge in [0.2, 0.25) is 0 Å². The minimum Gasteiger partial charge on any atom is -0.377 e. The largest absolute Gasteiger partial charge is 0.377 e. The summed E-state index contributed by atoms with van der Waals surface area (Å²) in [5.41, 5.74) is 7.15. The van der Waals surface area contributed by atoms with Crippen LogP contribution in [0.15, 0.2) is 30.7 Å². The average molecular weight is 391 g/mol. The second kappa shape index (κ2) is 6.73. The Kier molecular flexibility index (Phi) is 4.16. The molecule has 5 heterocycles. The van der Waals surface area contributed by atoms with E-state index in [0.717, 1.165) is 46.2 Å². The first-order valence-electron chi connectivity index (χ1n) is 9.90. The quantitative estimate of drug-likeness (QED) is 0.581. The fraction of sp³-hybridized carbons (Fsp3) is 0.381. The fourth-order valence-corrected chi connectivity index (χ4v) is 4.10. The van der Waals surface area contributed by atoms with E-state index in [0.29, 0.717) is 13.2 Å². The zero-order valence-corrected chi connectivity index (χ0v) is 17.2. The number of ether oxygens (including phenoxy) is 1. The van der Waals surface area contributed by atoms with Crippen LogP contribution in [0.25, 0.3) is 28.3 Å². The third-order valence-corrected chi connectivity index (χ3v) is 5.60. The summed E-state index contributed by atoms with van der Waals surface area (Å²) in [6.45, 7) is 8.55. The number of aromatic nitrogens is 6. The number of anilines is 1. The zero-order valence-electron chi connectivity index (χ0n) is 17.2. The topological polar surface area (TPSA) is 76.3 Å². The summed E-state index contributed by atoms with van der Waals surface area (Å²) >= 11 is 0. The van der Waals surface area contributed by atoms with Gasteiger partial charge >= 0.3 is 0 Å². The summed E-state index contributed by atoms with van der Waals surface area (Å²) in [6, 6.07) is 4.51. The Morgan fingerprint density at radius 2 is 2.03 bits per heavy atom. The Hall–Kier alpha value is -3.13. The van der Waals surface area contributed by atoms with Gasteiger partial charge in [0.25, 0.3) is 0 Å². The maximum Gasteiger partial charge on any atom is 0.167 e. The minimum atomic E-state index is 0.262. The predicted molar refractivity (Wildman–Crippen MR) is 112 cm³/mol. The van der Waals surface area contributed by atoms with Gasteiger partial charge in [-0.1, -0.05) is 0 Å². The molecule has 0 radical (unpaired) electrons. The lowest BCUT2D eigenvalue weighted by atomic mass is 10.1. The van der Waals surface area contributed by atoms with E-state index < -0.39 is 0 Å². The Labute approximate surface area is 169 Å². The molecule has 1 N–H and O–H groups in total. The van der Waals surface area contributed by atoms with Crippen LogP contribution < -0.4 is 4.90 Å². The number of morpholine rings is 1. The molecule has 5 rings (SSSR count). The number of hydrogen-bond acceptors (Lipinski definition) is 5. The second-order valence-corrected chi connectivity index (χ2v) is 7.80. The third kappa shape index (κ3) is 2.91. The van der Waals surface area contributed by atoms with Crippen LogP contribution in [0.5, 0.6) is 0 Å². The Bertz CT molecular complexity index is 1170. The summed E-state index contributed by atoms with van der Waals surface area (Å²) in [7, 11) is 1.96. The molecule has 1 fully saturated rings. The van der Waals surface area contributed by atoms with Crippen LogP contribution in [0.1, 0.15) is 18.1 Å². The Morgan fingerprint density at radius 1 is 1.17 bits per heavy atom. The summed E-state index contributed by atoms with van der Waals surface area (Å²) < 4.78 is 9.46. The van der Waals surface area contributed by atoms with Crippen LogP contribution in [-0.2, 0) is 11.8 Å². The maximum absolute atomic E-state index is 5.64. The first kappa shape index (κ1) is 17.9. The van der Waals surface area contributed by atoms with Gasteiger partial charge in [-0.25, -0.2) is 9.50 Å². The highest BCUT2D eigenvalue weighted by atomic mass is 16.5. The first-order chi connectivity index (χ1) is 14.0. The van der Waals surface area contributed by atoms with E-state index in [1.807, 2.05) is 34.8 Å². The number of fused-ring (bicyclic) bond motifs is 1. The molecule has 8 heteroatoms. The SMILES string of the molecule is Cc1c[nH]c(-c2cnn3c(-c4c(C)cnn4C)cc(N4CCOC[C@H]4C)nc23)c1. The van der Waals surface area contributed by atoms with Gasteiger partial charge in [0.15, 0.2) is 5.65 Å². The van der Waals surface area contributed by atoms with Gasteiger partial charge in [-0.2, -0.15) is 10.2 Å². The molecule has 4 aromatic rings. The zero-order chi connectivity index (χ0) is 20.1. The molecule has 4 aromatic heterocycles. The molecule has 0 bridgehead atoms. The molecule has 0 amide bonds. The third-order valence-electron chi connectivity index (χ3n) is 5.60. The molecule has 1 aliphatic rings. The smallest absolute Gasteiger partial charge is 0.167 e. The average Bonchev–Trinajstić information content (AvgIpc) is 3.40. The molecule has 0 aromatic carbocycles. The fourth-order valence-electron chi connectivity index (χ4n) is 4.10.